The highest BCUT2D eigenvalue weighted by molar-refractivity contribution is 5.89. The number of urea groups is 1. The number of hydrogen-bond donors (Lipinski definition) is 1. The van der Waals surface area contributed by atoms with E-state index < -0.39 is 11.6 Å². The van der Waals surface area contributed by atoms with Crippen LogP contribution in [0.2, 0.25) is 0 Å². The zero-order chi connectivity index (χ0) is 14.5. The summed E-state index contributed by atoms with van der Waals surface area (Å²) in [5.41, 5.74) is 0.249. The van der Waals surface area contributed by atoms with Crippen LogP contribution in [0, 0.1) is 11.6 Å². The van der Waals surface area contributed by atoms with E-state index >= 15 is 0 Å². The second-order valence-corrected chi connectivity index (χ2v) is 4.69. The van der Waals surface area contributed by atoms with Crippen LogP contribution < -0.4 is 5.32 Å². The number of carbonyl (C=O) groups is 1. The number of hydrogen-bond acceptors (Lipinski definition) is 2. The van der Waals surface area contributed by atoms with Gasteiger partial charge in [0, 0.05) is 37.6 Å². The maximum Gasteiger partial charge on any atom is 0.322 e. The van der Waals surface area contributed by atoms with Crippen LogP contribution >= 0.6 is 0 Å². The van der Waals surface area contributed by atoms with Crippen LogP contribution in [0.5, 0.6) is 0 Å². The highest BCUT2D eigenvalue weighted by Gasteiger charge is 2.24. The number of nitrogens with zero attached hydrogens (tertiary/aromatic N) is 1. The summed E-state index contributed by atoms with van der Waals surface area (Å²) in [6, 6.07) is 3.14. The summed E-state index contributed by atoms with van der Waals surface area (Å²) in [5.74, 6) is -1.91. The van der Waals surface area contributed by atoms with Crippen LogP contribution in [0.1, 0.15) is 19.8 Å². The van der Waals surface area contributed by atoms with Gasteiger partial charge in [-0.1, -0.05) is 0 Å². The van der Waals surface area contributed by atoms with E-state index in [2.05, 4.69) is 5.32 Å². The van der Waals surface area contributed by atoms with Gasteiger partial charge in [-0.15, -0.1) is 0 Å². The lowest BCUT2D eigenvalue weighted by molar-refractivity contribution is 0.0494. The van der Waals surface area contributed by atoms with E-state index in [4.69, 9.17) is 4.74 Å². The van der Waals surface area contributed by atoms with Gasteiger partial charge in [0.15, 0.2) is 11.6 Å². The van der Waals surface area contributed by atoms with Gasteiger partial charge < -0.3 is 15.0 Å². The highest BCUT2D eigenvalue weighted by Crippen LogP contribution is 2.17. The Morgan fingerprint density at radius 3 is 2.65 bits per heavy atom. The SMILES string of the molecule is CCN(C(=O)Nc1ccc(F)c(F)c1)C1CCOCC1. The van der Waals surface area contributed by atoms with Gasteiger partial charge in [-0.25, -0.2) is 13.6 Å². The summed E-state index contributed by atoms with van der Waals surface area (Å²) in [6.07, 6.45) is 1.58. The number of amides is 2. The number of anilines is 1. The average molecular weight is 284 g/mol. The molecule has 0 spiro atoms. The van der Waals surface area contributed by atoms with E-state index in [-0.39, 0.29) is 17.8 Å². The van der Waals surface area contributed by atoms with Gasteiger partial charge in [0.25, 0.3) is 0 Å². The van der Waals surface area contributed by atoms with Gasteiger partial charge in [-0.05, 0) is 31.9 Å². The average Bonchev–Trinajstić information content (AvgIpc) is 2.45. The Morgan fingerprint density at radius 1 is 1.35 bits per heavy atom. The van der Waals surface area contributed by atoms with Crippen molar-refractivity contribution in [3.63, 3.8) is 0 Å². The monoisotopic (exact) mass is 284 g/mol. The van der Waals surface area contributed by atoms with Gasteiger partial charge in [-0.3, -0.25) is 0 Å². The highest BCUT2D eigenvalue weighted by atomic mass is 19.2. The molecule has 1 saturated heterocycles. The minimum atomic E-state index is -0.975. The summed E-state index contributed by atoms with van der Waals surface area (Å²) in [6.45, 7) is 3.72. The number of rotatable bonds is 3. The molecular formula is C14H18F2N2O2. The van der Waals surface area contributed by atoms with Crippen molar-refractivity contribution in [1.82, 2.24) is 4.90 Å². The summed E-state index contributed by atoms with van der Waals surface area (Å²) < 4.78 is 31.2. The molecule has 1 aliphatic heterocycles. The number of carbonyl (C=O) groups excluding carboxylic acids is 1. The predicted octanol–water partition coefficient (Wildman–Crippen LogP) is 3.00. The van der Waals surface area contributed by atoms with Crippen molar-refractivity contribution >= 4 is 11.7 Å². The smallest absolute Gasteiger partial charge is 0.322 e. The summed E-state index contributed by atoms with van der Waals surface area (Å²) in [4.78, 5) is 13.9. The summed E-state index contributed by atoms with van der Waals surface area (Å²) in [7, 11) is 0. The van der Waals surface area contributed by atoms with Crippen LogP contribution in [-0.2, 0) is 4.74 Å². The molecule has 1 aliphatic rings. The molecule has 20 heavy (non-hydrogen) atoms. The lowest BCUT2D eigenvalue weighted by atomic mass is 10.1. The van der Waals surface area contributed by atoms with E-state index in [0.29, 0.717) is 19.8 Å². The van der Waals surface area contributed by atoms with Crippen molar-refractivity contribution in [2.45, 2.75) is 25.8 Å². The molecule has 1 aromatic rings. The molecule has 0 aromatic heterocycles. The minimum Gasteiger partial charge on any atom is -0.381 e. The molecule has 0 atom stereocenters. The van der Waals surface area contributed by atoms with E-state index in [1.807, 2.05) is 6.92 Å². The third-order valence-corrected chi connectivity index (χ3v) is 3.40. The van der Waals surface area contributed by atoms with Gasteiger partial charge in [0.05, 0.1) is 0 Å². The second kappa shape index (κ2) is 6.65. The lowest BCUT2D eigenvalue weighted by Gasteiger charge is -2.33. The maximum atomic E-state index is 13.1. The van der Waals surface area contributed by atoms with Gasteiger partial charge in [0.2, 0.25) is 0 Å². The number of nitrogens with one attached hydrogen (secondary N) is 1. The Bertz CT molecular complexity index is 476. The molecule has 0 radical (unpaired) electrons. The van der Waals surface area contributed by atoms with Crippen LogP contribution in [0.25, 0.3) is 0 Å². The van der Waals surface area contributed by atoms with E-state index in [0.717, 1.165) is 25.0 Å². The Kier molecular flexibility index (Phi) is 4.89. The largest absolute Gasteiger partial charge is 0.381 e. The number of halogens is 2. The van der Waals surface area contributed by atoms with Gasteiger partial charge >= 0.3 is 6.03 Å². The molecule has 2 amide bonds. The topological polar surface area (TPSA) is 41.6 Å². The molecule has 0 bridgehead atoms. The molecule has 110 valence electrons. The molecule has 1 aromatic carbocycles. The van der Waals surface area contributed by atoms with E-state index in [1.165, 1.54) is 6.07 Å². The first-order valence-electron chi connectivity index (χ1n) is 6.72. The molecule has 6 heteroatoms. The third kappa shape index (κ3) is 3.45. The van der Waals surface area contributed by atoms with Crippen molar-refractivity contribution in [2.75, 3.05) is 25.1 Å². The van der Waals surface area contributed by atoms with Crippen LogP contribution in [0.3, 0.4) is 0 Å². The molecular weight excluding hydrogens is 266 g/mol. The minimum absolute atomic E-state index is 0.124. The fourth-order valence-electron chi connectivity index (χ4n) is 2.33. The first kappa shape index (κ1) is 14.7. The van der Waals surface area contributed by atoms with Crippen molar-refractivity contribution in [3.8, 4) is 0 Å². The fraction of sp³-hybridized carbons (Fsp3) is 0.500. The molecule has 1 fully saturated rings. The molecule has 0 saturated carbocycles. The van der Waals surface area contributed by atoms with Crippen LogP contribution in [0.4, 0.5) is 19.3 Å². The van der Waals surface area contributed by atoms with Crippen molar-refractivity contribution in [1.29, 1.82) is 0 Å². The van der Waals surface area contributed by atoms with Crippen molar-refractivity contribution in [2.24, 2.45) is 0 Å². The van der Waals surface area contributed by atoms with E-state index in [9.17, 15) is 13.6 Å². The van der Waals surface area contributed by atoms with Gasteiger partial charge in [0.1, 0.15) is 0 Å². The molecule has 1 N–H and O–H groups in total. The van der Waals surface area contributed by atoms with Crippen molar-refractivity contribution < 1.29 is 18.3 Å². The number of ether oxygens (including phenoxy) is 1. The fourth-order valence-corrected chi connectivity index (χ4v) is 2.33. The Balaban J connectivity index is 2.02. The zero-order valence-corrected chi connectivity index (χ0v) is 11.4. The zero-order valence-electron chi connectivity index (χ0n) is 11.4. The van der Waals surface area contributed by atoms with Crippen LogP contribution in [-0.4, -0.2) is 36.7 Å². The van der Waals surface area contributed by atoms with E-state index in [1.54, 1.807) is 4.90 Å². The molecule has 0 unspecified atom stereocenters. The molecule has 1 heterocycles. The molecule has 0 aliphatic carbocycles. The Labute approximate surface area is 116 Å². The van der Waals surface area contributed by atoms with Crippen molar-refractivity contribution in [3.05, 3.63) is 29.8 Å². The first-order chi connectivity index (χ1) is 9.61. The second-order valence-electron chi connectivity index (χ2n) is 4.69. The lowest BCUT2D eigenvalue weighted by Crippen LogP contribution is -2.45. The first-order valence-corrected chi connectivity index (χ1v) is 6.72. The van der Waals surface area contributed by atoms with Crippen LogP contribution in [0.15, 0.2) is 18.2 Å². The van der Waals surface area contributed by atoms with Gasteiger partial charge in [-0.2, -0.15) is 0 Å². The quantitative estimate of drug-likeness (QED) is 0.927. The maximum absolute atomic E-state index is 13.1. The molecule has 2 rings (SSSR count). The summed E-state index contributed by atoms with van der Waals surface area (Å²) in [5, 5.41) is 2.60. The third-order valence-electron chi connectivity index (χ3n) is 3.40. The Hall–Kier alpha value is -1.69. The Morgan fingerprint density at radius 2 is 2.05 bits per heavy atom. The number of benzene rings is 1. The summed E-state index contributed by atoms with van der Waals surface area (Å²) >= 11 is 0. The normalized spacial score (nSPS) is 15.9. The molecule has 4 nitrogen and oxygen atoms in total. The predicted molar refractivity (Wildman–Crippen MR) is 71.6 cm³/mol. The standard InChI is InChI=1S/C14H18F2N2O2/c1-2-18(11-5-7-20-8-6-11)14(19)17-10-3-4-12(15)13(16)9-10/h3-4,9,11H,2,5-8H2,1H3,(H,17,19).